The lowest BCUT2D eigenvalue weighted by Gasteiger charge is -2.36. The lowest BCUT2D eigenvalue weighted by molar-refractivity contribution is -0.146. The van der Waals surface area contributed by atoms with Crippen molar-refractivity contribution in [3.63, 3.8) is 0 Å². The molecule has 0 fully saturated rings. The van der Waals surface area contributed by atoms with Gasteiger partial charge in [0.25, 0.3) is 0 Å². The Kier molecular flexibility index (Phi) is 5.39. The van der Waals surface area contributed by atoms with Crippen molar-refractivity contribution < 1.29 is 15.0 Å². The summed E-state index contributed by atoms with van der Waals surface area (Å²) in [4.78, 5) is 11.9. The lowest BCUT2D eigenvalue weighted by atomic mass is 9.93. The van der Waals surface area contributed by atoms with Gasteiger partial charge in [-0.25, -0.2) is 0 Å². The molecule has 0 saturated carbocycles. The van der Waals surface area contributed by atoms with Gasteiger partial charge in [0.15, 0.2) is 0 Å². The highest BCUT2D eigenvalue weighted by atomic mass is 28.3. The second-order valence-corrected chi connectivity index (χ2v) is 11.5. The Morgan fingerprint density at radius 3 is 1.91 bits per heavy atom. The Balaban J connectivity index is 2.36. The summed E-state index contributed by atoms with van der Waals surface area (Å²) in [5.74, 6) is -1.76. The van der Waals surface area contributed by atoms with Gasteiger partial charge >= 0.3 is 5.97 Å². The molecule has 0 aliphatic heterocycles. The van der Waals surface area contributed by atoms with Gasteiger partial charge in [-0.2, -0.15) is 0 Å². The largest absolute Gasteiger partial charge is 0.481 e. The summed E-state index contributed by atoms with van der Waals surface area (Å²) in [6, 6.07) is 19.1. The van der Waals surface area contributed by atoms with Crippen LogP contribution in [0.15, 0.2) is 60.7 Å². The minimum atomic E-state index is -2.05. The maximum absolute atomic E-state index is 11.9. The number of rotatable bonds is 6. The molecule has 0 saturated heterocycles. The molecule has 0 aromatic heterocycles. The van der Waals surface area contributed by atoms with Gasteiger partial charge in [-0.1, -0.05) is 85.9 Å². The summed E-state index contributed by atoms with van der Waals surface area (Å²) in [6.07, 6.45) is -1.00. The Hall–Kier alpha value is -1.91. The normalized spacial score (nSPS) is 15.7. The first-order valence-electron chi connectivity index (χ1n) is 7.87. The van der Waals surface area contributed by atoms with Crippen molar-refractivity contribution >= 4 is 19.2 Å². The number of carboxylic acids is 1. The minimum Gasteiger partial charge on any atom is -0.481 e. The first-order chi connectivity index (χ1) is 10.9. The van der Waals surface area contributed by atoms with Crippen molar-refractivity contribution in [3.05, 3.63) is 66.2 Å². The Bertz CT molecular complexity index is 640. The molecule has 0 aliphatic carbocycles. The fourth-order valence-corrected chi connectivity index (χ4v) is 5.86. The number of aliphatic hydroxyl groups excluding tert-OH is 1. The van der Waals surface area contributed by atoms with Crippen LogP contribution >= 0.6 is 0 Å². The van der Waals surface area contributed by atoms with E-state index >= 15 is 0 Å². The number of aliphatic carboxylic acids is 1. The summed E-state index contributed by atoms with van der Waals surface area (Å²) in [5.41, 5.74) is 0.544. The molecule has 122 valence electrons. The molecule has 0 aliphatic rings. The van der Waals surface area contributed by atoms with Gasteiger partial charge in [0.05, 0.1) is 20.1 Å². The predicted octanol–water partition coefficient (Wildman–Crippen LogP) is 3.43. The molecule has 0 unspecified atom stereocenters. The first-order valence-corrected chi connectivity index (χ1v) is 10.9. The monoisotopic (exact) mass is 328 g/mol. The molecular weight excluding hydrogens is 304 g/mol. The van der Waals surface area contributed by atoms with E-state index in [0.29, 0.717) is 5.56 Å². The Morgan fingerprint density at radius 1 is 0.957 bits per heavy atom. The average Bonchev–Trinajstić information content (AvgIpc) is 2.56. The van der Waals surface area contributed by atoms with Gasteiger partial charge in [-0.05, 0) is 11.1 Å². The molecule has 2 aromatic carbocycles. The van der Waals surface area contributed by atoms with E-state index in [0.717, 1.165) is 0 Å². The molecule has 2 aromatic rings. The van der Waals surface area contributed by atoms with Crippen LogP contribution in [0.1, 0.15) is 18.6 Å². The molecule has 0 spiro atoms. The summed E-state index contributed by atoms with van der Waals surface area (Å²) in [5, 5.41) is 21.6. The second-order valence-electron chi connectivity index (χ2n) is 6.60. The SMILES string of the molecule is C[C@H]([C@H](C(=O)O)[C@H](O)c1ccccc1)[Si](C)(C)c1ccccc1. The number of hydrogen-bond donors (Lipinski definition) is 2. The van der Waals surface area contributed by atoms with Crippen LogP contribution in [0.5, 0.6) is 0 Å². The summed E-state index contributed by atoms with van der Waals surface area (Å²) >= 11 is 0. The fraction of sp³-hybridized carbons (Fsp3) is 0.316. The van der Waals surface area contributed by atoms with E-state index in [2.05, 4.69) is 25.2 Å². The number of aliphatic hydroxyl groups is 1. The zero-order valence-electron chi connectivity index (χ0n) is 13.8. The van der Waals surface area contributed by atoms with Gasteiger partial charge in [0, 0.05) is 0 Å². The molecule has 3 atom stereocenters. The quantitative estimate of drug-likeness (QED) is 0.799. The summed E-state index contributed by atoms with van der Waals surface area (Å²) in [6.45, 7) is 6.30. The number of carbonyl (C=O) groups is 1. The number of benzene rings is 2. The van der Waals surface area contributed by atoms with E-state index in [1.165, 1.54) is 5.19 Å². The Morgan fingerprint density at radius 2 is 1.43 bits per heavy atom. The van der Waals surface area contributed by atoms with Crippen molar-refractivity contribution in [3.8, 4) is 0 Å². The van der Waals surface area contributed by atoms with E-state index in [9.17, 15) is 15.0 Å². The van der Waals surface area contributed by atoms with Gasteiger partial charge in [0.1, 0.15) is 0 Å². The van der Waals surface area contributed by atoms with Crippen LogP contribution in [-0.2, 0) is 4.79 Å². The van der Waals surface area contributed by atoms with E-state index < -0.39 is 26.1 Å². The smallest absolute Gasteiger partial charge is 0.309 e. The van der Waals surface area contributed by atoms with Crippen LogP contribution in [0.3, 0.4) is 0 Å². The van der Waals surface area contributed by atoms with Crippen LogP contribution in [-0.4, -0.2) is 24.3 Å². The van der Waals surface area contributed by atoms with Crippen LogP contribution in [0.4, 0.5) is 0 Å². The van der Waals surface area contributed by atoms with Crippen molar-refractivity contribution in [1.82, 2.24) is 0 Å². The zero-order chi connectivity index (χ0) is 17.0. The summed E-state index contributed by atoms with van der Waals surface area (Å²) < 4.78 is 0. The Labute approximate surface area is 138 Å². The van der Waals surface area contributed by atoms with Crippen LogP contribution < -0.4 is 5.19 Å². The van der Waals surface area contributed by atoms with E-state index in [1.807, 2.05) is 43.3 Å². The first kappa shape index (κ1) is 17.4. The average molecular weight is 328 g/mol. The maximum atomic E-state index is 11.9. The molecule has 0 bridgehead atoms. The zero-order valence-corrected chi connectivity index (χ0v) is 14.8. The highest BCUT2D eigenvalue weighted by Gasteiger charge is 2.42. The molecule has 2 rings (SSSR count). The third kappa shape index (κ3) is 3.71. The predicted molar refractivity (Wildman–Crippen MR) is 95.5 cm³/mol. The third-order valence-electron chi connectivity index (χ3n) is 4.96. The van der Waals surface area contributed by atoms with Crippen LogP contribution in [0, 0.1) is 5.92 Å². The van der Waals surface area contributed by atoms with Crippen molar-refractivity contribution in [2.24, 2.45) is 5.92 Å². The molecule has 2 N–H and O–H groups in total. The number of hydrogen-bond acceptors (Lipinski definition) is 2. The van der Waals surface area contributed by atoms with E-state index in [4.69, 9.17) is 0 Å². The van der Waals surface area contributed by atoms with Crippen molar-refractivity contribution in [1.29, 1.82) is 0 Å². The third-order valence-corrected chi connectivity index (χ3v) is 9.42. The van der Waals surface area contributed by atoms with E-state index in [-0.39, 0.29) is 5.54 Å². The van der Waals surface area contributed by atoms with Crippen LogP contribution in [0.2, 0.25) is 18.6 Å². The van der Waals surface area contributed by atoms with Gasteiger partial charge < -0.3 is 10.2 Å². The van der Waals surface area contributed by atoms with Crippen LogP contribution in [0.25, 0.3) is 0 Å². The summed E-state index contributed by atoms with van der Waals surface area (Å²) in [7, 11) is -2.05. The topological polar surface area (TPSA) is 57.5 Å². The highest BCUT2D eigenvalue weighted by Crippen LogP contribution is 2.37. The highest BCUT2D eigenvalue weighted by molar-refractivity contribution is 6.91. The van der Waals surface area contributed by atoms with Crippen molar-refractivity contribution in [2.45, 2.75) is 31.7 Å². The number of carboxylic acid groups (broad SMARTS) is 1. The van der Waals surface area contributed by atoms with Gasteiger partial charge in [0.2, 0.25) is 0 Å². The maximum Gasteiger partial charge on any atom is 0.309 e. The molecule has 0 heterocycles. The van der Waals surface area contributed by atoms with Gasteiger partial charge in [-0.15, -0.1) is 0 Å². The fourth-order valence-electron chi connectivity index (χ4n) is 3.06. The standard InChI is InChI=1S/C19H24O3Si/c1-14(23(2,3)16-12-8-5-9-13-16)17(19(21)22)18(20)15-10-6-4-7-11-15/h4-14,17-18,20H,1-3H3,(H,21,22)/t14-,17+,18-/m1/s1. The molecule has 0 radical (unpaired) electrons. The molecule has 23 heavy (non-hydrogen) atoms. The molecule has 3 nitrogen and oxygen atoms in total. The van der Waals surface area contributed by atoms with Gasteiger partial charge in [-0.3, -0.25) is 4.79 Å². The lowest BCUT2D eigenvalue weighted by Crippen LogP contribution is -2.49. The minimum absolute atomic E-state index is 0.113. The molecular formula is C19H24O3Si. The molecule has 4 heteroatoms. The second kappa shape index (κ2) is 7.11. The molecule has 0 amide bonds. The van der Waals surface area contributed by atoms with Crippen molar-refractivity contribution in [2.75, 3.05) is 0 Å². The van der Waals surface area contributed by atoms with E-state index in [1.54, 1.807) is 12.1 Å².